The summed E-state index contributed by atoms with van der Waals surface area (Å²) in [5.41, 5.74) is 4.82. The number of nitriles is 1. The Kier molecular flexibility index (Phi) is 7.84. The Morgan fingerprint density at radius 2 is 1.65 bits per heavy atom. The fourth-order valence-corrected chi connectivity index (χ4v) is 5.47. The number of hydrogen-bond acceptors (Lipinski definition) is 7. The molecule has 40 heavy (non-hydrogen) atoms. The van der Waals surface area contributed by atoms with Crippen LogP contribution in [-0.4, -0.2) is 72.8 Å². The molecule has 0 spiro atoms. The molecule has 1 aromatic heterocycles. The molecule has 0 atom stereocenters. The van der Waals surface area contributed by atoms with Crippen LogP contribution in [0, 0.1) is 35.3 Å². The number of hydrogen-bond donors (Lipinski definition) is 0. The maximum atomic E-state index is 13.3. The summed E-state index contributed by atoms with van der Waals surface area (Å²) in [5.74, 6) is -0.287. The summed E-state index contributed by atoms with van der Waals surface area (Å²) in [6.07, 6.45) is 1.63. The molecular formula is C30H32N6O4. The number of carbonyl (C=O) groups is 1. The molecule has 1 amide bonds. The Morgan fingerprint density at radius 1 is 0.950 bits per heavy atom. The van der Waals surface area contributed by atoms with E-state index in [0.717, 1.165) is 22.6 Å². The van der Waals surface area contributed by atoms with Crippen molar-refractivity contribution in [3.8, 4) is 11.8 Å². The molecule has 0 N–H and O–H groups in total. The molecule has 0 saturated carbocycles. The minimum atomic E-state index is -0.354. The summed E-state index contributed by atoms with van der Waals surface area (Å²) in [6, 6.07) is 19.3. The van der Waals surface area contributed by atoms with Crippen LogP contribution in [0.15, 0.2) is 60.2 Å². The number of anilines is 2. The zero-order chi connectivity index (χ0) is 28.2. The Morgan fingerprint density at radius 3 is 2.30 bits per heavy atom. The first kappa shape index (κ1) is 27.0. The van der Waals surface area contributed by atoms with Gasteiger partial charge in [0.25, 0.3) is 11.6 Å². The van der Waals surface area contributed by atoms with Crippen molar-refractivity contribution < 1.29 is 14.5 Å². The fourth-order valence-electron chi connectivity index (χ4n) is 5.47. The first-order valence-corrected chi connectivity index (χ1v) is 13.4. The number of rotatable bonds is 6. The number of amides is 1. The van der Waals surface area contributed by atoms with Crippen molar-refractivity contribution in [3.05, 3.63) is 87.2 Å². The third-order valence-electron chi connectivity index (χ3n) is 7.57. The van der Waals surface area contributed by atoms with Gasteiger partial charge in [0.1, 0.15) is 17.3 Å². The second-order valence-corrected chi connectivity index (χ2v) is 9.98. The van der Waals surface area contributed by atoms with E-state index >= 15 is 0 Å². The molecule has 2 aliphatic heterocycles. The Hall–Kier alpha value is -4.62. The summed E-state index contributed by atoms with van der Waals surface area (Å²) in [5, 5.41) is 21.9. The molecule has 3 aromatic rings. The summed E-state index contributed by atoms with van der Waals surface area (Å²) in [4.78, 5) is 30.8. The van der Waals surface area contributed by atoms with E-state index in [1.54, 1.807) is 23.1 Å². The predicted molar refractivity (Wildman–Crippen MR) is 154 cm³/mol. The number of piperazine rings is 1. The van der Waals surface area contributed by atoms with Crippen LogP contribution >= 0.6 is 0 Å². The van der Waals surface area contributed by atoms with E-state index in [1.807, 2.05) is 53.6 Å². The van der Waals surface area contributed by atoms with Crippen LogP contribution in [0.1, 0.15) is 17.0 Å². The van der Waals surface area contributed by atoms with E-state index in [2.05, 4.69) is 23.1 Å². The number of carbonyl (C=O) groups excluding carboxylic acids is 1. The number of aromatic nitrogens is 1. The van der Waals surface area contributed by atoms with Crippen LogP contribution < -0.4 is 9.80 Å². The van der Waals surface area contributed by atoms with Crippen molar-refractivity contribution in [2.45, 2.75) is 13.8 Å². The molecule has 5 rings (SSSR count). The van der Waals surface area contributed by atoms with Crippen molar-refractivity contribution in [3.63, 3.8) is 0 Å². The van der Waals surface area contributed by atoms with Crippen LogP contribution in [0.3, 0.4) is 0 Å². The molecule has 10 heteroatoms. The largest absolute Gasteiger partial charge is 0.378 e. The second kappa shape index (κ2) is 11.6. The SMILES string of the molecule is Cc1cc(C=C(C#N)C(=O)N2CCN(c3ccccc3)CC2)c(C)n1-c1ccc(N2CCOCC2)c([N+](=O)[O-])c1. The number of nitrogens with zero attached hydrogens (tertiary/aromatic N) is 6. The highest BCUT2D eigenvalue weighted by atomic mass is 16.6. The predicted octanol–water partition coefficient (Wildman–Crippen LogP) is 4.09. The minimum absolute atomic E-state index is 0.0338. The molecule has 2 aliphatic rings. The van der Waals surface area contributed by atoms with Crippen molar-refractivity contribution in [1.29, 1.82) is 5.26 Å². The molecule has 0 aliphatic carbocycles. The van der Waals surface area contributed by atoms with Gasteiger partial charge in [-0.15, -0.1) is 0 Å². The van der Waals surface area contributed by atoms with Gasteiger partial charge in [0, 0.05) is 62.4 Å². The quantitative estimate of drug-likeness (QED) is 0.201. The Labute approximate surface area is 233 Å². The molecule has 3 heterocycles. The molecule has 2 aromatic carbocycles. The number of morpholine rings is 1. The number of ether oxygens (including phenoxy) is 1. The third kappa shape index (κ3) is 5.42. The lowest BCUT2D eigenvalue weighted by Crippen LogP contribution is -2.49. The van der Waals surface area contributed by atoms with Crippen molar-refractivity contribution >= 4 is 29.0 Å². The number of benzene rings is 2. The minimum Gasteiger partial charge on any atom is -0.378 e. The number of aryl methyl sites for hydroxylation is 1. The molecule has 10 nitrogen and oxygen atoms in total. The van der Waals surface area contributed by atoms with Gasteiger partial charge in [0.2, 0.25) is 0 Å². The summed E-state index contributed by atoms with van der Waals surface area (Å²) < 4.78 is 7.31. The van der Waals surface area contributed by atoms with Crippen LogP contribution in [0.5, 0.6) is 0 Å². The smallest absolute Gasteiger partial charge is 0.294 e. The summed E-state index contributed by atoms with van der Waals surface area (Å²) >= 11 is 0. The van der Waals surface area contributed by atoms with Crippen molar-refractivity contribution in [2.75, 3.05) is 62.3 Å². The lowest BCUT2D eigenvalue weighted by atomic mass is 10.1. The van der Waals surface area contributed by atoms with Crippen LogP contribution in [0.2, 0.25) is 0 Å². The molecular weight excluding hydrogens is 508 g/mol. The highest BCUT2D eigenvalue weighted by Gasteiger charge is 2.26. The zero-order valence-corrected chi connectivity index (χ0v) is 22.7. The maximum Gasteiger partial charge on any atom is 0.294 e. The van der Waals surface area contributed by atoms with Crippen molar-refractivity contribution in [2.24, 2.45) is 0 Å². The van der Waals surface area contributed by atoms with Gasteiger partial charge in [-0.25, -0.2) is 0 Å². The second-order valence-electron chi connectivity index (χ2n) is 9.98. The van der Waals surface area contributed by atoms with Gasteiger partial charge in [-0.1, -0.05) is 18.2 Å². The molecule has 2 fully saturated rings. The van der Waals surface area contributed by atoms with Gasteiger partial charge < -0.3 is 24.0 Å². The van der Waals surface area contributed by atoms with E-state index in [-0.39, 0.29) is 22.1 Å². The van der Waals surface area contributed by atoms with E-state index in [9.17, 15) is 20.2 Å². The number of nitro benzene ring substituents is 1. The van der Waals surface area contributed by atoms with E-state index in [1.165, 1.54) is 0 Å². The topological polar surface area (TPSA) is 108 Å². The van der Waals surface area contributed by atoms with E-state index in [0.29, 0.717) is 63.9 Å². The van der Waals surface area contributed by atoms with Gasteiger partial charge in [0.15, 0.2) is 0 Å². The summed E-state index contributed by atoms with van der Waals surface area (Å²) in [7, 11) is 0. The average molecular weight is 541 g/mol. The van der Waals surface area contributed by atoms with Gasteiger partial charge in [-0.3, -0.25) is 14.9 Å². The number of para-hydroxylation sites is 1. The lowest BCUT2D eigenvalue weighted by Gasteiger charge is -2.36. The van der Waals surface area contributed by atoms with Crippen LogP contribution in [0.25, 0.3) is 11.8 Å². The highest BCUT2D eigenvalue weighted by molar-refractivity contribution is 6.02. The average Bonchev–Trinajstić information content (AvgIpc) is 3.28. The first-order chi connectivity index (χ1) is 19.4. The first-order valence-electron chi connectivity index (χ1n) is 13.4. The van der Waals surface area contributed by atoms with Gasteiger partial charge in [-0.05, 0) is 55.8 Å². The molecule has 206 valence electrons. The molecule has 2 saturated heterocycles. The molecule has 0 radical (unpaired) electrons. The highest BCUT2D eigenvalue weighted by Crippen LogP contribution is 2.33. The van der Waals surface area contributed by atoms with Gasteiger partial charge in [0.05, 0.1) is 23.8 Å². The Balaban J connectivity index is 1.37. The van der Waals surface area contributed by atoms with E-state index in [4.69, 9.17) is 4.74 Å². The fraction of sp³-hybridized carbons (Fsp3) is 0.333. The monoisotopic (exact) mass is 540 g/mol. The zero-order valence-electron chi connectivity index (χ0n) is 22.7. The van der Waals surface area contributed by atoms with Crippen LogP contribution in [0.4, 0.5) is 17.1 Å². The third-order valence-corrected chi connectivity index (χ3v) is 7.57. The van der Waals surface area contributed by atoms with Crippen molar-refractivity contribution in [1.82, 2.24) is 9.47 Å². The van der Waals surface area contributed by atoms with E-state index < -0.39 is 0 Å². The lowest BCUT2D eigenvalue weighted by molar-refractivity contribution is -0.384. The molecule has 0 unspecified atom stereocenters. The van der Waals surface area contributed by atoms with Gasteiger partial charge >= 0.3 is 0 Å². The number of nitro groups is 1. The standard InChI is InChI=1S/C30H32N6O4/c1-22-18-24(19-25(21-31)30(37)34-12-10-32(11-13-34)26-6-4-3-5-7-26)23(2)35(22)27-8-9-28(29(20-27)36(38)39)33-14-16-40-17-15-33/h3-9,18-20H,10-17H2,1-2H3. The van der Waals surface area contributed by atoms with Gasteiger partial charge in [-0.2, -0.15) is 5.26 Å². The molecule has 0 bridgehead atoms. The van der Waals surface area contributed by atoms with Crippen LogP contribution in [-0.2, 0) is 9.53 Å². The Bertz CT molecular complexity index is 1480. The summed E-state index contributed by atoms with van der Waals surface area (Å²) in [6.45, 7) is 8.52. The normalized spacial score (nSPS) is 16.1. The maximum absolute atomic E-state index is 13.3.